The molecule has 5 heterocycles. The fourth-order valence-electron chi connectivity index (χ4n) is 13.3. The van der Waals surface area contributed by atoms with Crippen molar-refractivity contribution in [2.75, 3.05) is 4.90 Å². The van der Waals surface area contributed by atoms with Crippen LogP contribution in [0.25, 0.3) is 97.4 Å². The van der Waals surface area contributed by atoms with Crippen LogP contribution in [0, 0.1) is 11.3 Å². The maximum atomic E-state index is 10.3. The number of nitriles is 1. The van der Waals surface area contributed by atoms with E-state index in [0.717, 1.165) is 114 Å². The first-order valence-electron chi connectivity index (χ1n) is 30.1. The molecule has 14 aromatic rings. The quantitative estimate of drug-likeness (QED) is 0.161. The predicted molar refractivity (Wildman–Crippen MR) is 351 cm³/mol. The lowest BCUT2D eigenvalue weighted by molar-refractivity contribution is 0.590. The van der Waals surface area contributed by atoms with Crippen LogP contribution in [0.2, 0.25) is 0 Å². The average Bonchev–Trinajstić information content (AvgIpc) is 1.01. The maximum Gasteiger partial charge on any atom is 0.249 e. The SMILES string of the molecule is [2H]c1c([2H])c([2H])c2c(sc3c4c(ccc32)B2c3ccc(-n5c6ccc(C(C)(C)C)cc6c6cc(C(C)(C)C)ccc65)cc3N(c3c(-c5ccccc5)cccc3-c3ccccc3)c3cc(-n5c6ccccc6c6cc(C#N)ccc65)cc(c32)S4)c1[2H]. The summed E-state index contributed by atoms with van der Waals surface area (Å²) in [6, 6.07) is 75.0. The van der Waals surface area contributed by atoms with Gasteiger partial charge in [-0.15, -0.1) is 11.3 Å². The summed E-state index contributed by atoms with van der Waals surface area (Å²) in [6.45, 7) is 13.5. The van der Waals surface area contributed by atoms with E-state index in [1.165, 1.54) is 38.7 Å². The summed E-state index contributed by atoms with van der Waals surface area (Å²) < 4.78 is 42.4. The van der Waals surface area contributed by atoms with Crippen molar-refractivity contribution in [2.45, 2.75) is 62.2 Å². The molecule has 0 aliphatic carbocycles. The lowest BCUT2D eigenvalue weighted by Crippen LogP contribution is -2.60. The Labute approximate surface area is 491 Å². The van der Waals surface area contributed by atoms with Crippen LogP contribution < -0.4 is 21.3 Å². The van der Waals surface area contributed by atoms with Crippen molar-refractivity contribution in [3.05, 3.63) is 241 Å². The van der Waals surface area contributed by atoms with Crippen molar-refractivity contribution in [2.24, 2.45) is 0 Å². The standard InChI is InChI=1S/C75H55BN4S2/c1-74(2,3)48-29-36-64-58(39-48)59-40-49(75(4,5)6)30-37-65(59)78(64)50-31-33-60-66(41-50)80(71-52(46-18-9-7-10-19-46)24-17-25-53(71)47-20-11-8-12-21-47)67-42-51(79-62-26-15-13-22-54(62)57-38-45(44-77)28-35-63(57)79)43-69-70(67)76(60)61-34-32-56-55-23-14-16-27-68(55)81-72(56)73(61)82-69/h7-43H,1-6H3/i14D,16D,23D,27D. The molecule has 0 spiro atoms. The van der Waals surface area contributed by atoms with Gasteiger partial charge in [-0.25, -0.2) is 0 Å². The molecular weight excluding hydrogens is 1030 g/mol. The molecule has 82 heavy (non-hydrogen) atoms. The van der Waals surface area contributed by atoms with Crippen LogP contribution in [0.3, 0.4) is 0 Å². The van der Waals surface area contributed by atoms with Crippen LogP contribution in [-0.2, 0) is 10.8 Å². The molecule has 3 aromatic heterocycles. The second-order valence-corrected chi connectivity index (χ2v) is 26.2. The summed E-state index contributed by atoms with van der Waals surface area (Å²) in [7, 11) is 0. The third-order valence-corrected chi connectivity index (χ3v) is 19.7. The van der Waals surface area contributed by atoms with Crippen molar-refractivity contribution in [1.29, 1.82) is 5.26 Å². The van der Waals surface area contributed by atoms with Crippen molar-refractivity contribution < 1.29 is 5.48 Å². The van der Waals surface area contributed by atoms with Crippen molar-refractivity contribution >= 4 is 127 Å². The molecule has 11 aromatic carbocycles. The van der Waals surface area contributed by atoms with Gasteiger partial charge in [0.1, 0.15) is 0 Å². The van der Waals surface area contributed by atoms with Crippen LogP contribution in [0.4, 0.5) is 17.1 Å². The molecule has 0 bridgehead atoms. The topological polar surface area (TPSA) is 36.9 Å². The van der Waals surface area contributed by atoms with E-state index in [0.29, 0.717) is 15.6 Å². The summed E-state index contributed by atoms with van der Waals surface area (Å²) in [5.74, 6) is 0. The lowest BCUT2D eigenvalue weighted by atomic mass is 9.35. The van der Waals surface area contributed by atoms with Gasteiger partial charge in [-0.05, 0) is 123 Å². The van der Waals surface area contributed by atoms with Crippen LogP contribution in [0.5, 0.6) is 0 Å². The smallest absolute Gasteiger partial charge is 0.249 e. The van der Waals surface area contributed by atoms with Gasteiger partial charge in [0.05, 0.1) is 44.9 Å². The van der Waals surface area contributed by atoms with E-state index in [9.17, 15) is 8.00 Å². The molecule has 16 rings (SSSR count). The lowest BCUT2D eigenvalue weighted by Gasteiger charge is -2.42. The second kappa shape index (κ2) is 18.0. The first kappa shape index (κ1) is 44.7. The van der Waals surface area contributed by atoms with E-state index in [-0.39, 0.29) is 41.7 Å². The fraction of sp³-hybridized carbons (Fsp3) is 0.107. The highest BCUT2D eigenvalue weighted by Gasteiger charge is 2.43. The Balaban J connectivity index is 1.07. The van der Waals surface area contributed by atoms with E-state index in [1.807, 2.05) is 12.1 Å². The number of thiophene rings is 1. The Morgan fingerprint density at radius 1 is 0.488 bits per heavy atom. The van der Waals surface area contributed by atoms with Gasteiger partial charge in [0, 0.05) is 85.4 Å². The van der Waals surface area contributed by atoms with Crippen LogP contribution >= 0.6 is 23.1 Å². The van der Waals surface area contributed by atoms with Crippen molar-refractivity contribution in [3.63, 3.8) is 0 Å². The average molecular weight is 1090 g/mol. The molecule has 0 radical (unpaired) electrons. The second-order valence-electron chi connectivity index (χ2n) is 24.1. The minimum atomic E-state index is -0.271. The largest absolute Gasteiger partial charge is 0.310 e. The van der Waals surface area contributed by atoms with Gasteiger partial charge in [-0.3, -0.25) is 0 Å². The number of rotatable bonds is 5. The molecule has 0 amide bonds. The number of fused-ring (bicyclic) bond motifs is 14. The summed E-state index contributed by atoms with van der Waals surface area (Å²) in [6.07, 6.45) is 0. The number of anilines is 3. The number of hydrogen-bond donors (Lipinski definition) is 0. The fourth-order valence-corrected chi connectivity index (χ4v) is 15.8. The Bertz CT molecular complexity index is 5180. The molecule has 0 N–H and O–H groups in total. The van der Waals surface area contributed by atoms with E-state index < -0.39 is 0 Å². The first-order chi connectivity index (χ1) is 41.5. The molecule has 0 unspecified atom stereocenters. The van der Waals surface area contributed by atoms with Crippen LogP contribution in [0.1, 0.15) is 63.7 Å². The molecule has 0 saturated heterocycles. The number of aromatic nitrogens is 2. The van der Waals surface area contributed by atoms with Gasteiger partial charge in [0.15, 0.2) is 0 Å². The highest BCUT2D eigenvalue weighted by atomic mass is 32.2. The van der Waals surface area contributed by atoms with Gasteiger partial charge in [-0.2, -0.15) is 5.26 Å². The van der Waals surface area contributed by atoms with Crippen LogP contribution in [0.15, 0.2) is 234 Å². The number of hydrogen-bond acceptors (Lipinski definition) is 4. The Hall–Kier alpha value is -9.06. The van der Waals surface area contributed by atoms with Crippen molar-refractivity contribution in [3.8, 4) is 39.7 Å². The molecule has 2 aliphatic rings. The molecule has 7 heteroatoms. The molecule has 390 valence electrons. The molecular formula is C75H55BN4S2. The highest BCUT2D eigenvalue weighted by Crippen LogP contribution is 2.52. The Morgan fingerprint density at radius 2 is 1.07 bits per heavy atom. The number of para-hydroxylation sites is 2. The minimum absolute atomic E-state index is 0.0144. The number of nitrogens with zero attached hydrogens (tertiary/aromatic N) is 4. The summed E-state index contributed by atoms with van der Waals surface area (Å²) >= 11 is 3.20. The van der Waals surface area contributed by atoms with Gasteiger partial charge in [0.2, 0.25) is 6.71 Å². The van der Waals surface area contributed by atoms with E-state index >= 15 is 0 Å². The zero-order chi connectivity index (χ0) is 58.8. The normalized spacial score (nSPS) is 13.8. The Kier molecular flexibility index (Phi) is 9.79. The van der Waals surface area contributed by atoms with E-state index in [4.69, 9.17) is 2.74 Å². The van der Waals surface area contributed by atoms with E-state index in [1.54, 1.807) is 11.8 Å². The number of benzene rings is 11. The summed E-state index contributed by atoms with van der Waals surface area (Å²) in [4.78, 5) is 4.69. The molecule has 2 aliphatic heterocycles. The van der Waals surface area contributed by atoms with Crippen LogP contribution in [-0.4, -0.2) is 15.8 Å². The van der Waals surface area contributed by atoms with Gasteiger partial charge in [-0.1, -0.05) is 204 Å². The predicted octanol–water partition coefficient (Wildman–Crippen LogP) is 18.8. The maximum absolute atomic E-state index is 10.3. The van der Waals surface area contributed by atoms with Gasteiger partial charge in [0.25, 0.3) is 0 Å². The Morgan fingerprint density at radius 3 is 1.74 bits per heavy atom. The van der Waals surface area contributed by atoms with E-state index in [2.05, 4.69) is 250 Å². The molecule has 0 saturated carbocycles. The third kappa shape index (κ3) is 7.31. The third-order valence-electron chi connectivity index (χ3n) is 17.2. The molecule has 0 fully saturated rings. The summed E-state index contributed by atoms with van der Waals surface area (Å²) in [5, 5.41) is 16.1. The minimum Gasteiger partial charge on any atom is -0.310 e. The first-order valence-corrected chi connectivity index (χ1v) is 29.7. The zero-order valence-electron chi connectivity index (χ0n) is 50.2. The molecule has 0 atom stereocenters. The molecule has 4 nitrogen and oxygen atoms in total. The zero-order valence-corrected chi connectivity index (χ0v) is 47.9. The monoisotopic (exact) mass is 1090 g/mol. The van der Waals surface area contributed by atoms with Gasteiger partial charge >= 0.3 is 0 Å². The highest BCUT2D eigenvalue weighted by molar-refractivity contribution is 8.00. The summed E-state index contributed by atoms with van der Waals surface area (Å²) in [5.41, 5.74) is 20.2. The van der Waals surface area contributed by atoms with Crippen molar-refractivity contribution in [1.82, 2.24) is 9.13 Å². The van der Waals surface area contributed by atoms with Gasteiger partial charge < -0.3 is 14.0 Å².